The van der Waals surface area contributed by atoms with Crippen molar-refractivity contribution in [3.05, 3.63) is 78.4 Å². The van der Waals surface area contributed by atoms with Crippen molar-refractivity contribution in [3.8, 4) is 17.2 Å². The normalized spacial score (nSPS) is 14.3. The Bertz CT molecular complexity index is 1610. The van der Waals surface area contributed by atoms with Crippen LogP contribution in [0.1, 0.15) is 57.1 Å². The van der Waals surface area contributed by atoms with E-state index >= 15 is 0 Å². The summed E-state index contributed by atoms with van der Waals surface area (Å²) in [4.78, 5) is 29.7. The number of pyridine rings is 1. The van der Waals surface area contributed by atoms with Crippen LogP contribution in [0.2, 0.25) is 0 Å². The van der Waals surface area contributed by atoms with E-state index < -0.39 is 11.2 Å². The van der Waals surface area contributed by atoms with Crippen LogP contribution in [0.5, 0.6) is 0 Å². The van der Waals surface area contributed by atoms with E-state index in [1.54, 1.807) is 22.0 Å². The fourth-order valence-electron chi connectivity index (χ4n) is 5.36. The van der Waals surface area contributed by atoms with Crippen LogP contribution in [0.25, 0.3) is 11.1 Å². The van der Waals surface area contributed by atoms with Crippen LogP contribution in [0.4, 0.5) is 22.4 Å². The predicted molar refractivity (Wildman–Crippen MR) is 169 cm³/mol. The van der Waals surface area contributed by atoms with Crippen LogP contribution in [-0.2, 0) is 13.6 Å². The summed E-state index contributed by atoms with van der Waals surface area (Å²) in [7, 11) is 1.86. The topological polar surface area (TPSA) is 157 Å². The van der Waals surface area contributed by atoms with E-state index in [0.29, 0.717) is 31.0 Å². The Balaban J connectivity index is 1.53. The van der Waals surface area contributed by atoms with Gasteiger partial charge >= 0.3 is 6.03 Å². The van der Waals surface area contributed by atoms with Crippen LogP contribution >= 0.6 is 0 Å². The third-order valence-electron chi connectivity index (χ3n) is 7.72. The van der Waals surface area contributed by atoms with Gasteiger partial charge in [-0.25, -0.2) is 14.8 Å². The Morgan fingerprint density at radius 2 is 1.84 bits per heavy atom. The molecule has 44 heavy (non-hydrogen) atoms. The van der Waals surface area contributed by atoms with E-state index in [0.717, 1.165) is 36.0 Å². The number of amides is 2. The number of aliphatic hydroxyl groups excluding tert-OH is 1. The van der Waals surface area contributed by atoms with Gasteiger partial charge in [-0.3, -0.25) is 9.58 Å². The van der Waals surface area contributed by atoms with Gasteiger partial charge < -0.3 is 21.1 Å². The fraction of sp³-hybridized carbons (Fsp3) is 0.375. The van der Waals surface area contributed by atoms with E-state index in [-0.39, 0.29) is 24.1 Å². The van der Waals surface area contributed by atoms with Crippen molar-refractivity contribution in [2.75, 3.05) is 22.1 Å². The van der Waals surface area contributed by atoms with Crippen LogP contribution in [0.3, 0.4) is 0 Å². The number of hydrogen-bond acceptors (Lipinski definition) is 9. The van der Waals surface area contributed by atoms with Crippen molar-refractivity contribution in [2.45, 2.75) is 63.7 Å². The van der Waals surface area contributed by atoms with Gasteiger partial charge in [-0.05, 0) is 57.2 Å². The first-order valence-electron chi connectivity index (χ1n) is 14.7. The van der Waals surface area contributed by atoms with Gasteiger partial charge in [0.1, 0.15) is 28.9 Å². The molecule has 0 spiro atoms. The molecule has 12 heteroatoms. The summed E-state index contributed by atoms with van der Waals surface area (Å²) in [6.07, 6.45) is 10.9. The summed E-state index contributed by atoms with van der Waals surface area (Å²) in [5, 5.41) is 33.5. The molecule has 0 aliphatic heterocycles. The predicted octanol–water partition coefficient (Wildman–Crippen LogP) is 4.82. The molecule has 1 aromatic carbocycles. The lowest BCUT2D eigenvalue weighted by molar-refractivity contribution is 0.229. The van der Waals surface area contributed by atoms with Gasteiger partial charge in [-0.1, -0.05) is 36.8 Å². The second kappa shape index (κ2) is 13.1. The van der Waals surface area contributed by atoms with Gasteiger partial charge in [0.05, 0.1) is 24.5 Å². The zero-order valence-electron chi connectivity index (χ0n) is 25.3. The molecule has 0 unspecified atom stereocenters. The van der Waals surface area contributed by atoms with Gasteiger partial charge in [-0.2, -0.15) is 15.3 Å². The smallest absolute Gasteiger partial charge is 0.325 e. The molecule has 1 fully saturated rings. The third-order valence-corrected chi connectivity index (χ3v) is 7.72. The van der Waals surface area contributed by atoms with E-state index in [9.17, 15) is 15.2 Å². The quantitative estimate of drug-likeness (QED) is 0.189. The monoisotopic (exact) mass is 594 g/mol. The van der Waals surface area contributed by atoms with Crippen molar-refractivity contribution in [1.29, 1.82) is 5.26 Å². The lowest BCUT2D eigenvalue weighted by Gasteiger charge is -2.46. The highest BCUT2D eigenvalue weighted by atomic mass is 16.3. The summed E-state index contributed by atoms with van der Waals surface area (Å²) in [5.41, 5.74) is 1.41. The van der Waals surface area contributed by atoms with Gasteiger partial charge in [0.25, 0.3) is 0 Å². The minimum Gasteiger partial charge on any atom is -0.394 e. The van der Waals surface area contributed by atoms with Crippen molar-refractivity contribution >= 4 is 23.6 Å². The number of carbonyl (C=O) groups excluding carboxylic acids is 1. The third kappa shape index (κ3) is 6.95. The van der Waals surface area contributed by atoms with E-state index in [2.05, 4.69) is 37.1 Å². The number of anilines is 3. The van der Waals surface area contributed by atoms with Crippen molar-refractivity contribution in [3.63, 3.8) is 0 Å². The maximum atomic E-state index is 14.2. The minimum atomic E-state index is -0.903. The van der Waals surface area contributed by atoms with Crippen LogP contribution in [-0.4, -0.2) is 53.7 Å². The maximum Gasteiger partial charge on any atom is 0.325 e. The molecule has 0 saturated heterocycles. The molecule has 0 bridgehead atoms. The lowest BCUT2D eigenvalue weighted by atomic mass is 9.87. The number of urea groups is 1. The number of rotatable bonds is 10. The molecule has 1 aliphatic rings. The van der Waals surface area contributed by atoms with Gasteiger partial charge in [0.15, 0.2) is 0 Å². The first-order chi connectivity index (χ1) is 21.2. The van der Waals surface area contributed by atoms with Crippen molar-refractivity contribution in [2.24, 2.45) is 7.05 Å². The summed E-state index contributed by atoms with van der Waals surface area (Å²) in [5.74, 6) is 1.04. The molecule has 1 aliphatic carbocycles. The summed E-state index contributed by atoms with van der Waals surface area (Å²) in [6.45, 7) is 3.81. The molecule has 2 amide bonds. The second-order valence-electron chi connectivity index (χ2n) is 11.7. The largest absolute Gasteiger partial charge is 0.394 e. The highest BCUT2D eigenvalue weighted by Gasteiger charge is 2.43. The Labute approximate surface area is 257 Å². The van der Waals surface area contributed by atoms with Crippen molar-refractivity contribution in [1.82, 2.24) is 30.0 Å². The SMILES string of the molecule is Cn1cc(-c2ccc(N(C(=O)NCc3ccccc3)C3(Nc4ncc(C#N)c(NC(C)(C)CO)n4)CCCCC3)nc2)cn1. The molecule has 4 N–H and O–H groups in total. The molecule has 5 rings (SSSR count). The molecule has 1 saturated carbocycles. The molecular weight excluding hydrogens is 556 g/mol. The maximum absolute atomic E-state index is 14.2. The highest BCUT2D eigenvalue weighted by Crippen LogP contribution is 2.37. The molecular formula is C32H38N10O2. The molecule has 3 aromatic heterocycles. The van der Waals surface area contributed by atoms with E-state index in [4.69, 9.17) is 4.98 Å². The number of hydrogen-bond donors (Lipinski definition) is 4. The summed E-state index contributed by atoms with van der Waals surface area (Å²) in [6, 6.07) is 15.3. The zero-order chi connectivity index (χ0) is 31.2. The molecule has 3 heterocycles. The number of nitrogens with zero attached hydrogens (tertiary/aromatic N) is 7. The Hall–Kier alpha value is -5.02. The van der Waals surface area contributed by atoms with E-state index in [1.807, 2.05) is 69.6 Å². The summed E-state index contributed by atoms with van der Waals surface area (Å²) < 4.78 is 1.73. The second-order valence-corrected chi connectivity index (χ2v) is 11.7. The first-order valence-corrected chi connectivity index (χ1v) is 14.7. The molecule has 12 nitrogen and oxygen atoms in total. The fourth-order valence-corrected chi connectivity index (χ4v) is 5.36. The lowest BCUT2D eigenvalue weighted by Crippen LogP contribution is -2.61. The standard InChI is InChI=1S/C32H38N10O2/c1-31(2,22-43)39-28-25(16-33)19-35-29(38-28)40-32(14-8-5-9-15-32)42(30(44)36-17-23-10-6-4-7-11-23)27-13-12-24(18-34-27)26-20-37-41(3)21-26/h4,6-7,10-13,18-21,43H,5,8-9,14-15,17,22H2,1-3H3,(H,36,44)(H2,35,38,39,40). The molecule has 228 valence electrons. The number of aryl methyl sites for hydroxylation is 1. The van der Waals surface area contributed by atoms with Crippen LogP contribution in [0, 0.1) is 11.3 Å². The average Bonchev–Trinajstić information content (AvgIpc) is 3.47. The average molecular weight is 595 g/mol. The Kier molecular flexibility index (Phi) is 9.06. The number of benzene rings is 1. The minimum absolute atomic E-state index is 0.162. The van der Waals surface area contributed by atoms with Crippen molar-refractivity contribution < 1.29 is 9.90 Å². The molecule has 0 radical (unpaired) electrons. The Morgan fingerprint density at radius 1 is 1.07 bits per heavy atom. The molecule has 0 atom stereocenters. The number of nitriles is 1. The summed E-state index contributed by atoms with van der Waals surface area (Å²) >= 11 is 0. The number of aliphatic hydroxyl groups is 1. The van der Waals surface area contributed by atoms with Crippen LogP contribution in [0.15, 0.2) is 67.3 Å². The Morgan fingerprint density at radius 3 is 2.48 bits per heavy atom. The number of aromatic nitrogens is 5. The van der Waals surface area contributed by atoms with Crippen LogP contribution < -0.4 is 20.9 Å². The van der Waals surface area contributed by atoms with Gasteiger partial charge in [0.2, 0.25) is 5.95 Å². The highest BCUT2D eigenvalue weighted by molar-refractivity contribution is 5.93. The van der Waals surface area contributed by atoms with Gasteiger partial charge in [0, 0.05) is 37.1 Å². The van der Waals surface area contributed by atoms with E-state index in [1.165, 1.54) is 6.20 Å². The zero-order valence-corrected chi connectivity index (χ0v) is 25.3. The number of nitrogens with one attached hydrogen (secondary N) is 3. The van der Waals surface area contributed by atoms with Gasteiger partial charge in [-0.15, -0.1) is 0 Å². The number of carbonyl (C=O) groups is 1. The molecule has 4 aromatic rings. The first kappa shape index (κ1) is 30.4.